The zero-order valence-corrected chi connectivity index (χ0v) is 21.1. The van der Waals surface area contributed by atoms with Gasteiger partial charge in [0.2, 0.25) is 0 Å². The first-order chi connectivity index (χ1) is 17.2. The van der Waals surface area contributed by atoms with Crippen molar-refractivity contribution in [1.82, 2.24) is 4.98 Å². The topological polar surface area (TPSA) is 112 Å². The fourth-order valence-corrected chi connectivity index (χ4v) is 9.16. The van der Waals surface area contributed by atoms with Gasteiger partial charge in [-0.25, -0.2) is 4.79 Å². The molecule has 1 aromatic heterocycles. The summed E-state index contributed by atoms with van der Waals surface area (Å²) in [5, 5.41) is 35.1. The van der Waals surface area contributed by atoms with Crippen molar-refractivity contribution in [2.45, 2.75) is 88.6 Å². The lowest BCUT2D eigenvalue weighted by atomic mass is 9.41. The summed E-state index contributed by atoms with van der Waals surface area (Å²) in [7, 11) is 0. The number of carbonyl (C=O) groups is 1. The third kappa shape index (κ3) is 3.38. The van der Waals surface area contributed by atoms with Crippen molar-refractivity contribution in [2.75, 3.05) is 6.61 Å². The number of pyridine rings is 1. The number of ether oxygens (including phenoxy) is 1. The number of carbonyl (C=O) groups excluding carboxylic acids is 1. The van der Waals surface area contributed by atoms with Gasteiger partial charge in [0.05, 0.1) is 23.9 Å². The van der Waals surface area contributed by atoms with Gasteiger partial charge in [0.25, 0.3) is 0 Å². The zero-order chi connectivity index (χ0) is 25.2. The Morgan fingerprint density at radius 2 is 1.86 bits per heavy atom. The van der Waals surface area contributed by atoms with Gasteiger partial charge in [-0.15, -0.1) is 0 Å². The SMILES string of the molecule is C[C@@]12CC[C@@H]3[C@H](CC[C@]4(O)C[C@H](O)CC[C@]34C=NCc3ccncc3)[C@@]1(O)CC[C@H]2C1=CC(=O)OC1. The van der Waals surface area contributed by atoms with Gasteiger partial charge in [-0.05, 0) is 92.4 Å². The number of cyclic esters (lactones) is 1. The number of esters is 1. The summed E-state index contributed by atoms with van der Waals surface area (Å²) in [4.78, 5) is 20.8. The Hall–Kier alpha value is -2.09. The molecule has 0 bridgehead atoms. The number of aliphatic hydroxyl groups excluding tert-OH is 1. The zero-order valence-electron chi connectivity index (χ0n) is 21.1. The first-order valence-electron chi connectivity index (χ1n) is 13.6. The molecule has 0 spiro atoms. The summed E-state index contributed by atoms with van der Waals surface area (Å²) in [6.45, 7) is 3.07. The van der Waals surface area contributed by atoms with Crippen molar-refractivity contribution in [1.29, 1.82) is 0 Å². The average Bonchev–Trinajstić information content (AvgIpc) is 3.40. The number of rotatable bonds is 4. The molecule has 6 rings (SSSR count). The fraction of sp³-hybridized carbons (Fsp3) is 0.690. The lowest BCUT2D eigenvalue weighted by Crippen LogP contribution is -2.68. The quantitative estimate of drug-likeness (QED) is 0.437. The third-order valence-electron chi connectivity index (χ3n) is 11.0. The van der Waals surface area contributed by atoms with Crippen LogP contribution in [0.5, 0.6) is 0 Å². The Morgan fingerprint density at radius 1 is 1.08 bits per heavy atom. The van der Waals surface area contributed by atoms with Gasteiger partial charge >= 0.3 is 5.97 Å². The molecule has 7 nitrogen and oxygen atoms in total. The van der Waals surface area contributed by atoms with Crippen LogP contribution < -0.4 is 0 Å². The molecule has 4 saturated carbocycles. The van der Waals surface area contributed by atoms with Gasteiger partial charge in [-0.2, -0.15) is 0 Å². The normalized spacial score (nSPS) is 46.1. The van der Waals surface area contributed by atoms with Crippen LogP contribution >= 0.6 is 0 Å². The summed E-state index contributed by atoms with van der Waals surface area (Å²) < 4.78 is 5.24. The first-order valence-corrected chi connectivity index (χ1v) is 13.6. The second-order valence-corrected chi connectivity index (χ2v) is 12.3. The van der Waals surface area contributed by atoms with Gasteiger partial charge in [0, 0.05) is 41.9 Å². The van der Waals surface area contributed by atoms with E-state index in [0.717, 1.165) is 36.8 Å². The van der Waals surface area contributed by atoms with Crippen LogP contribution in [0, 0.1) is 28.6 Å². The van der Waals surface area contributed by atoms with E-state index in [9.17, 15) is 20.1 Å². The maximum absolute atomic E-state index is 12.5. The standard InChI is InChI=1S/C29H38N2O5/c1-26-8-3-23-24(29(26,35)11-5-22(26)20-14-25(33)36-17-20)4-10-28(34)15-21(32)2-9-27(23,28)18-31-16-19-6-12-30-13-7-19/h6-7,12-14,18,21-24,32,34-35H,2-5,8-11,15-17H2,1H3/t21-,22+,23-,24+,26+,27+,28+,29+/m1/s1. The molecule has 4 aliphatic carbocycles. The molecule has 0 radical (unpaired) electrons. The monoisotopic (exact) mass is 494 g/mol. The molecule has 0 aromatic carbocycles. The van der Waals surface area contributed by atoms with Crippen LogP contribution in [0.3, 0.4) is 0 Å². The Balaban J connectivity index is 1.35. The summed E-state index contributed by atoms with van der Waals surface area (Å²) in [5.74, 6) is 0.00532. The second-order valence-electron chi connectivity index (χ2n) is 12.3. The average molecular weight is 495 g/mol. The predicted octanol–water partition coefficient (Wildman–Crippen LogP) is 3.37. The van der Waals surface area contributed by atoms with Crippen LogP contribution in [-0.2, 0) is 16.1 Å². The molecule has 7 heteroatoms. The first kappa shape index (κ1) is 24.3. The molecular formula is C29H38N2O5. The maximum atomic E-state index is 12.5. The summed E-state index contributed by atoms with van der Waals surface area (Å²) in [6.07, 6.45) is 12.9. The van der Waals surface area contributed by atoms with E-state index in [1.54, 1.807) is 18.5 Å². The highest BCUT2D eigenvalue weighted by molar-refractivity contribution is 5.85. The molecule has 2 heterocycles. The second kappa shape index (κ2) is 8.47. The summed E-state index contributed by atoms with van der Waals surface area (Å²) in [5.41, 5.74) is -0.686. The Kier molecular flexibility index (Phi) is 5.71. The van der Waals surface area contributed by atoms with Crippen molar-refractivity contribution >= 4 is 12.2 Å². The molecule has 194 valence electrons. The Bertz CT molecular complexity index is 1090. The molecule has 5 aliphatic rings. The number of aliphatic hydroxyl groups is 3. The van der Waals surface area contributed by atoms with Crippen molar-refractivity contribution in [3.8, 4) is 0 Å². The highest BCUT2D eigenvalue weighted by Crippen LogP contribution is 2.70. The van der Waals surface area contributed by atoms with Crippen molar-refractivity contribution in [3.63, 3.8) is 0 Å². The molecule has 4 fully saturated rings. The molecule has 36 heavy (non-hydrogen) atoms. The number of aromatic nitrogens is 1. The van der Waals surface area contributed by atoms with Gasteiger partial charge in [0.15, 0.2) is 0 Å². The van der Waals surface area contributed by atoms with E-state index >= 15 is 0 Å². The Morgan fingerprint density at radius 3 is 2.61 bits per heavy atom. The molecule has 0 unspecified atom stereocenters. The van der Waals surface area contributed by atoms with Crippen LogP contribution in [0.1, 0.15) is 70.3 Å². The lowest BCUT2D eigenvalue weighted by Gasteiger charge is -2.65. The number of aliphatic imine (C=N–C) groups is 1. The van der Waals surface area contributed by atoms with Gasteiger partial charge in [0.1, 0.15) is 6.61 Å². The smallest absolute Gasteiger partial charge is 0.331 e. The van der Waals surface area contributed by atoms with Crippen molar-refractivity contribution in [3.05, 3.63) is 41.7 Å². The van der Waals surface area contributed by atoms with Gasteiger partial charge in [-0.3, -0.25) is 9.98 Å². The number of hydrogen-bond acceptors (Lipinski definition) is 7. The Labute approximate surface area is 212 Å². The van der Waals surface area contributed by atoms with E-state index in [2.05, 4.69) is 11.9 Å². The molecule has 1 aliphatic heterocycles. The minimum absolute atomic E-state index is 0.0442. The molecule has 0 saturated heterocycles. The van der Waals surface area contributed by atoms with E-state index in [0.29, 0.717) is 45.3 Å². The maximum Gasteiger partial charge on any atom is 0.331 e. The molecular weight excluding hydrogens is 456 g/mol. The minimum Gasteiger partial charge on any atom is -0.458 e. The van der Waals surface area contributed by atoms with Crippen molar-refractivity contribution < 1.29 is 24.9 Å². The molecule has 1 aromatic rings. The number of hydrogen-bond donors (Lipinski definition) is 3. The van der Waals surface area contributed by atoms with E-state index in [-0.39, 0.29) is 29.1 Å². The van der Waals surface area contributed by atoms with Crippen LogP contribution in [0.25, 0.3) is 0 Å². The van der Waals surface area contributed by atoms with Gasteiger partial charge in [-0.1, -0.05) is 6.92 Å². The van der Waals surface area contributed by atoms with E-state index in [1.807, 2.05) is 18.3 Å². The fourth-order valence-electron chi connectivity index (χ4n) is 9.16. The summed E-state index contributed by atoms with van der Waals surface area (Å²) >= 11 is 0. The molecule has 0 amide bonds. The van der Waals surface area contributed by atoms with Gasteiger partial charge < -0.3 is 20.1 Å². The largest absolute Gasteiger partial charge is 0.458 e. The van der Waals surface area contributed by atoms with Crippen LogP contribution in [0.15, 0.2) is 41.2 Å². The van der Waals surface area contributed by atoms with Crippen LogP contribution in [0.4, 0.5) is 0 Å². The highest BCUT2D eigenvalue weighted by Gasteiger charge is 2.71. The lowest BCUT2D eigenvalue weighted by molar-refractivity contribution is -0.237. The predicted molar refractivity (Wildman–Crippen MR) is 134 cm³/mol. The number of nitrogens with zero attached hydrogens (tertiary/aromatic N) is 2. The van der Waals surface area contributed by atoms with Crippen LogP contribution in [0.2, 0.25) is 0 Å². The highest BCUT2D eigenvalue weighted by atomic mass is 16.5. The van der Waals surface area contributed by atoms with Crippen molar-refractivity contribution in [2.24, 2.45) is 33.6 Å². The minimum atomic E-state index is -1.02. The van der Waals surface area contributed by atoms with E-state index < -0.39 is 22.7 Å². The summed E-state index contributed by atoms with van der Waals surface area (Å²) in [6, 6.07) is 3.91. The molecule has 8 atom stereocenters. The van der Waals surface area contributed by atoms with Crippen LogP contribution in [-0.4, -0.2) is 56.4 Å². The van der Waals surface area contributed by atoms with E-state index in [1.165, 1.54) is 0 Å². The van der Waals surface area contributed by atoms with E-state index in [4.69, 9.17) is 9.73 Å². The third-order valence-corrected chi connectivity index (χ3v) is 11.0. The number of fused-ring (bicyclic) bond motifs is 5. The molecule has 3 N–H and O–H groups in total.